The number of aromatic nitrogens is 2. The standard InChI is InChI=1S/C22H25N3O4/c1-27-18-11-10-14(20(28-2)21(18)29-3)13-19(26)25-12-6-9-17(25)22-23-15-7-4-5-8-16(15)24-22/h4-5,7-8,10-11,17H,6,9,12-13H2,1-3H3,(H,23,24). The number of amides is 1. The number of para-hydroxylation sites is 2. The van der Waals surface area contributed by atoms with Crippen molar-refractivity contribution in [2.75, 3.05) is 27.9 Å². The first-order valence-corrected chi connectivity index (χ1v) is 9.68. The van der Waals surface area contributed by atoms with E-state index >= 15 is 0 Å². The van der Waals surface area contributed by atoms with Gasteiger partial charge in [-0.2, -0.15) is 0 Å². The molecule has 1 aliphatic rings. The third-order valence-corrected chi connectivity index (χ3v) is 5.42. The highest BCUT2D eigenvalue weighted by Crippen LogP contribution is 2.40. The van der Waals surface area contributed by atoms with Gasteiger partial charge in [0.1, 0.15) is 5.82 Å². The van der Waals surface area contributed by atoms with Crippen LogP contribution in [0.25, 0.3) is 11.0 Å². The lowest BCUT2D eigenvalue weighted by Gasteiger charge is -2.24. The highest BCUT2D eigenvalue weighted by atomic mass is 16.5. The Morgan fingerprint density at radius 3 is 2.62 bits per heavy atom. The zero-order chi connectivity index (χ0) is 20.4. The Bertz CT molecular complexity index is 997. The summed E-state index contributed by atoms with van der Waals surface area (Å²) in [6, 6.07) is 11.5. The fourth-order valence-electron chi connectivity index (χ4n) is 4.05. The highest BCUT2D eigenvalue weighted by Gasteiger charge is 2.32. The predicted octanol–water partition coefficient (Wildman–Crippen LogP) is 3.49. The van der Waals surface area contributed by atoms with Crippen LogP contribution in [0.3, 0.4) is 0 Å². The number of benzene rings is 2. The van der Waals surface area contributed by atoms with E-state index in [2.05, 4.69) is 4.98 Å². The largest absolute Gasteiger partial charge is 0.493 e. The molecule has 0 radical (unpaired) electrons. The molecule has 2 aromatic carbocycles. The number of H-pyrrole nitrogens is 1. The van der Waals surface area contributed by atoms with Gasteiger partial charge in [0, 0.05) is 12.1 Å². The van der Waals surface area contributed by atoms with Gasteiger partial charge in [-0.25, -0.2) is 4.98 Å². The molecule has 0 spiro atoms. The van der Waals surface area contributed by atoms with Gasteiger partial charge in [0.2, 0.25) is 11.7 Å². The number of carbonyl (C=O) groups excluding carboxylic acids is 1. The lowest BCUT2D eigenvalue weighted by atomic mass is 10.1. The summed E-state index contributed by atoms with van der Waals surface area (Å²) in [7, 11) is 4.70. The van der Waals surface area contributed by atoms with Crippen molar-refractivity contribution >= 4 is 16.9 Å². The number of imidazole rings is 1. The number of ether oxygens (including phenoxy) is 3. The first-order valence-electron chi connectivity index (χ1n) is 9.68. The fourth-order valence-corrected chi connectivity index (χ4v) is 4.05. The van der Waals surface area contributed by atoms with Crippen LogP contribution in [0.15, 0.2) is 36.4 Å². The van der Waals surface area contributed by atoms with E-state index in [9.17, 15) is 4.79 Å². The van der Waals surface area contributed by atoms with Crippen molar-refractivity contribution in [3.63, 3.8) is 0 Å². The van der Waals surface area contributed by atoms with Crippen LogP contribution in [0, 0.1) is 0 Å². The molecule has 152 valence electrons. The predicted molar refractivity (Wildman–Crippen MR) is 110 cm³/mol. The summed E-state index contributed by atoms with van der Waals surface area (Å²) < 4.78 is 16.3. The van der Waals surface area contributed by atoms with Gasteiger partial charge < -0.3 is 24.1 Å². The van der Waals surface area contributed by atoms with Gasteiger partial charge >= 0.3 is 0 Å². The molecule has 1 aliphatic heterocycles. The van der Waals surface area contributed by atoms with Gasteiger partial charge in [-0.3, -0.25) is 4.79 Å². The summed E-state index contributed by atoms with van der Waals surface area (Å²) in [6.07, 6.45) is 2.07. The van der Waals surface area contributed by atoms with Gasteiger partial charge in [-0.1, -0.05) is 18.2 Å². The van der Waals surface area contributed by atoms with E-state index in [0.29, 0.717) is 17.2 Å². The molecule has 7 heteroatoms. The number of carbonyl (C=O) groups is 1. The minimum Gasteiger partial charge on any atom is -0.493 e. The van der Waals surface area contributed by atoms with Crippen LogP contribution in [0.4, 0.5) is 0 Å². The molecular formula is C22H25N3O4. The third-order valence-electron chi connectivity index (χ3n) is 5.42. The Balaban J connectivity index is 1.59. The van der Waals surface area contributed by atoms with Crippen LogP contribution in [0.2, 0.25) is 0 Å². The first kappa shape index (κ1) is 19.1. The summed E-state index contributed by atoms with van der Waals surface area (Å²) in [5, 5.41) is 0. The molecule has 0 aliphatic carbocycles. The molecule has 1 N–H and O–H groups in total. The number of nitrogens with zero attached hydrogens (tertiary/aromatic N) is 2. The Labute approximate surface area is 169 Å². The minimum atomic E-state index is -0.0407. The molecular weight excluding hydrogens is 370 g/mol. The maximum atomic E-state index is 13.2. The van der Waals surface area contributed by atoms with E-state index in [1.54, 1.807) is 27.4 Å². The van der Waals surface area contributed by atoms with Crippen molar-refractivity contribution in [3.05, 3.63) is 47.8 Å². The van der Waals surface area contributed by atoms with E-state index in [4.69, 9.17) is 19.2 Å². The molecule has 1 unspecified atom stereocenters. The number of aromatic amines is 1. The van der Waals surface area contributed by atoms with Gasteiger partial charge in [0.05, 0.1) is 44.8 Å². The van der Waals surface area contributed by atoms with E-state index in [0.717, 1.165) is 41.8 Å². The molecule has 0 bridgehead atoms. The monoisotopic (exact) mass is 395 g/mol. The molecule has 4 rings (SSSR count). The van der Waals surface area contributed by atoms with Crippen molar-refractivity contribution in [1.82, 2.24) is 14.9 Å². The van der Waals surface area contributed by atoms with Crippen molar-refractivity contribution < 1.29 is 19.0 Å². The summed E-state index contributed by atoms with van der Waals surface area (Å²) >= 11 is 0. The average Bonchev–Trinajstić information content (AvgIpc) is 3.39. The lowest BCUT2D eigenvalue weighted by molar-refractivity contribution is -0.131. The summed E-state index contributed by atoms with van der Waals surface area (Å²) in [5.41, 5.74) is 2.68. The second-order valence-electron chi connectivity index (χ2n) is 7.05. The van der Waals surface area contributed by atoms with Crippen molar-refractivity contribution in [2.45, 2.75) is 25.3 Å². The zero-order valence-electron chi connectivity index (χ0n) is 16.9. The van der Waals surface area contributed by atoms with Crippen LogP contribution < -0.4 is 14.2 Å². The normalized spacial score (nSPS) is 16.2. The number of nitrogens with one attached hydrogen (secondary N) is 1. The van der Waals surface area contributed by atoms with Crippen LogP contribution in [-0.2, 0) is 11.2 Å². The van der Waals surface area contributed by atoms with Gasteiger partial charge in [-0.05, 0) is 31.0 Å². The Morgan fingerprint density at radius 2 is 1.90 bits per heavy atom. The SMILES string of the molecule is COc1ccc(CC(=O)N2CCCC2c2nc3ccccc3[nH]2)c(OC)c1OC. The maximum Gasteiger partial charge on any atom is 0.227 e. The minimum absolute atomic E-state index is 0.0403. The van der Waals surface area contributed by atoms with Crippen LogP contribution in [0.5, 0.6) is 17.2 Å². The first-order chi connectivity index (χ1) is 14.2. The quantitative estimate of drug-likeness (QED) is 0.691. The van der Waals surface area contributed by atoms with Gasteiger partial charge in [0.15, 0.2) is 11.5 Å². The van der Waals surface area contributed by atoms with Crippen LogP contribution >= 0.6 is 0 Å². The lowest BCUT2D eigenvalue weighted by Crippen LogP contribution is -2.32. The fraction of sp³-hybridized carbons (Fsp3) is 0.364. The molecule has 3 aromatic rings. The van der Waals surface area contributed by atoms with E-state index in [1.807, 2.05) is 35.2 Å². The Morgan fingerprint density at radius 1 is 1.10 bits per heavy atom. The number of hydrogen-bond acceptors (Lipinski definition) is 5. The summed E-state index contributed by atoms with van der Waals surface area (Å²) in [6.45, 7) is 0.718. The zero-order valence-corrected chi connectivity index (χ0v) is 16.9. The molecule has 1 saturated heterocycles. The molecule has 1 atom stereocenters. The molecule has 7 nitrogen and oxygen atoms in total. The van der Waals surface area contributed by atoms with Crippen LogP contribution in [-0.4, -0.2) is 48.6 Å². The highest BCUT2D eigenvalue weighted by molar-refractivity contribution is 5.81. The molecule has 1 amide bonds. The average molecular weight is 395 g/mol. The smallest absolute Gasteiger partial charge is 0.227 e. The number of hydrogen-bond donors (Lipinski definition) is 1. The van der Waals surface area contributed by atoms with E-state index in [1.165, 1.54) is 0 Å². The van der Waals surface area contributed by atoms with Gasteiger partial charge in [-0.15, -0.1) is 0 Å². The van der Waals surface area contributed by atoms with Crippen molar-refractivity contribution in [1.29, 1.82) is 0 Å². The topological polar surface area (TPSA) is 76.7 Å². The third kappa shape index (κ3) is 3.48. The molecule has 2 heterocycles. The second kappa shape index (κ2) is 8.03. The number of likely N-dealkylation sites (tertiary alicyclic amines) is 1. The molecule has 0 saturated carbocycles. The molecule has 1 fully saturated rings. The number of rotatable bonds is 6. The molecule has 29 heavy (non-hydrogen) atoms. The van der Waals surface area contributed by atoms with Crippen molar-refractivity contribution in [3.8, 4) is 17.2 Å². The Hall–Kier alpha value is -3.22. The second-order valence-corrected chi connectivity index (χ2v) is 7.05. The molecule has 1 aromatic heterocycles. The summed E-state index contributed by atoms with van der Waals surface area (Å²) in [5.74, 6) is 2.48. The number of methoxy groups -OCH3 is 3. The van der Waals surface area contributed by atoms with Crippen molar-refractivity contribution in [2.24, 2.45) is 0 Å². The van der Waals surface area contributed by atoms with E-state index < -0.39 is 0 Å². The summed E-state index contributed by atoms with van der Waals surface area (Å²) in [4.78, 5) is 23.2. The van der Waals surface area contributed by atoms with E-state index in [-0.39, 0.29) is 18.4 Å². The van der Waals surface area contributed by atoms with Gasteiger partial charge in [0.25, 0.3) is 0 Å². The van der Waals surface area contributed by atoms with Crippen LogP contribution in [0.1, 0.15) is 30.3 Å². The number of fused-ring (bicyclic) bond motifs is 1. The Kier molecular flexibility index (Phi) is 5.29. The maximum absolute atomic E-state index is 13.2.